The largest absolute Gasteiger partial charge is 0.508 e. The topological polar surface area (TPSA) is 170 Å². The molecule has 0 bridgehead atoms. The zero-order valence-corrected chi connectivity index (χ0v) is 14.4. The van der Waals surface area contributed by atoms with Gasteiger partial charge in [0, 0.05) is 24.7 Å². The number of phenolic OH excluding ortho intramolecular Hbond substituents is 1. The molecule has 2 aromatic rings. The lowest BCUT2D eigenvalue weighted by atomic mass is 10.1. The van der Waals surface area contributed by atoms with Gasteiger partial charge in [-0.2, -0.15) is 0 Å². The quantitative estimate of drug-likeness (QED) is 0.323. The Morgan fingerprint density at radius 2 is 1.89 bits per heavy atom. The molecule has 27 heavy (non-hydrogen) atoms. The van der Waals surface area contributed by atoms with Crippen LogP contribution in [0.15, 0.2) is 36.8 Å². The maximum atomic E-state index is 12.0. The fourth-order valence-electron chi connectivity index (χ4n) is 2.34. The maximum absolute atomic E-state index is 12.0. The van der Waals surface area contributed by atoms with E-state index in [0.717, 1.165) is 0 Å². The molecule has 0 spiro atoms. The number of aromatic hydroxyl groups is 1. The standard InChI is InChI=1S/C17H21N5O5/c18-13(6-11-7-19-9-21-11)16(25)20-8-15(24)22-14(17(26)27)5-10-1-3-12(23)4-2-10/h1-4,7,9,13-14,23H,5-6,8,18H2,(H,19,21)(H,20,25)(H,22,24)(H,26,27)/t13-,14-/m0/s1. The molecule has 144 valence electrons. The maximum Gasteiger partial charge on any atom is 0.326 e. The van der Waals surface area contributed by atoms with Crippen molar-refractivity contribution in [1.29, 1.82) is 0 Å². The van der Waals surface area contributed by atoms with Crippen LogP contribution in [-0.2, 0) is 27.2 Å². The van der Waals surface area contributed by atoms with E-state index in [2.05, 4.69) is 20.6 Å². The minimum atomic E-state index is -1.21. The van der Waals surface area contributed by atoms with Crippen LogP contribution in [0.3, 0.4) is 0 Å². The molecule has 0 aliphatic rings. The first-order valence-electron chi connectivity index (χ1n) is 8.15. The zero-order valence-electron chi connectivity index (χ0n) is 14.4. The van der Waals surface area contributed by atoms with Gasteiger partial charge in [0.25, 0.3) is 0 Å². The van der Waals surface area contributed by atoms with Gasteiger partial charge in [0.1, 0.15) is 11.8 Å². The molecule has 7 N–H and O–H groups in total. The third-order valence-corrected chi connectivity index (χ3v) is 3.76. The number of rotatable bonds is 9. The smallest absolute Gasteiger partial charge is 0.326 e. The lowest BCUT2D eigenvalue weighted by molar-refractivity contribution is -0.141. The summed E-state index contributed by atoms with van der Waals surface area (Å²) in [6, 6.07) is 3.94. The number of carboxylic acid groups (broad SMARTS) is 1. The predicted octanol–water partition coefficient (Wildman–Crippen LogP) is -1.09. The molecule has 2 rings (SSSR count). The summed E-state index contributed by atoms with van der Waals surface area (Å²) in [4.78, 5) is 41.9. The first-order chi connectivity index (χ1) is 12.8. The number of nitrogens with one attached hydrogen (secondary N) is 3. The number of benzene rings is 1. The summed E-state index contributed by atoms with van der Waals surface area (Å²) >= 11 is 0. The fraction of sp³-hybridized carbons (Fsp3) is 0.294. The van der Waals surface area contributed by atoms with E-state index in [4.69, 9.17) is 5.73 Å². The van der Waals surface area contributed by atoms with Gasteiger partial charge in [-0.15, -0.1) is 0 Å². The summed E-state index contributed by atoms with van der Waals surface area (Å²) in [5.41, 5.74) is 7.07. The van der Waals surface area contributed by atoms with E-state index in [9.17, 15) is 24.6 Å². The molecule has 10 nitrogen and oxygen atoms in total. The third kappa shape index (κ3) is 6.44. The molecular weight excluding hydrogens is 354 g/mol. The van der Waals surface area contributed by atoms with Gasteiger partial charge in [-0.05, 0) is 17.7 Å². The van der Waals surface area contributed by atoms with Crippen LogP contribution < -0.4 is 16.4 Å². The molecule has 0 saturated heterocycles. The number of carbonyl (C=O) groups is 3. The van der Waals surface area contributed by atoms with Crippen LogP contribution in [-0.4, -0.2) is 56.6 Å². The summed E-state index contributed by atoms with van der Waals surface area (Å²) in [7, 11) is 0. The van der Waals surface area contributed by atoms with Crippen LogP contribution in [0.25, 0.3) is 0 Å². The lowest BCUT2D eigenvalue weighted by Crippen LogP contribution is -2.49. The van der Waals surface area contributed by atoms with Gasteiger partial charge in [-0.1, -0.05) is 12.1 Å². The number of phenols is 1. The Hall–Kier alpha value is -3.40. The van der Waals surface area contributed by atoms with Gasteiger partial charge < -0.3 is 31.6 Å². The highest BCUT2D eigenvalue weighted by Gasteiger charge is 2.21. The second-order valence-electron chi connectivity index (χ2n) is 5.93. The van der Waals surface area contributed by atoms with Crippen molar-refractivity contribution in [2.24, 2.45) is 5.73 Å². The Labute approximate surface area is 154 Å². The van der Waals surface area contributed by atoms with Crippen molar-refractivity contribution in [2.75, 3.05) is 6.54 Å². The predicted molar refractivity (Wildman–Crippen MR) is 94.7 cm³/mol. The number of H-pyrrole nitrogens is 1. The van der Waals surface area contributed by atoms with E-state index in [1.165, 1.54) is 18.5 Å². The van der Waals surface area contributed by atoms with Crippen molar-refractivity contribution < 1.29 is 24.6 Å². The van der Waals surface area contributed by atoms with Gasteiger partial charge in [-0.25, -0.2) is 9.78 Å². The third-order valence-electron chi connectivity index (χ3n) is 3.76. The highest BCUT2D eigenvalue weighted by molar-refractivity contribution is 5.89. The van der Waals surface area contributed by atoms with E-state index in [0.29, 0.717) is 11.3 Å². The molecule has 2 atom stereocenters. The molecule has 0 unspecified atom stereocenters. The normalized spacial score (nSPS) is 12.8. The van der Waals surface area contributed by atoms with Crippen LogP contribution in [0, 0.1) is 0 Å². The molecule has 0 saturated carbocycles. The average molecular weight is 375 g/mol. The molecule has 1 heterocycles. The molecular formula is C17H21N5O5. The van der Waals surface area contributed by atoms with E-state index >= 15 is 0 Å². The summed E-state index contributed by atoms with van der Waals surface area (Å²) < 4.78 is 0. The molecule has 1 aromatic heterocycles. The number of carbonyl (C=O) groups excluding carboxylic acids is 2. The summed E-state index contributed by atoms with van der Waals surface area (Å²) in [5, 5.41) is 23.2. The van der Waals surface area contributed by atoms with E-state index < -0.39 is 36.4 Å². The Morgan fingerprint density at radius 3 is 2.48 bits per heavy atom. The van der Waals surface area contributed by atoms with E-state index in [1.54, 1.807) is 18.3 Å². The van der Waals surface area contributed by atoms with E-state index in [-0.39, 0.29) is 18.6 Å². The number of imidazole rings is 1. The molecule has 0 radical (unpaired) electrons. The highest BCUT2D eigenvalue weighted by atomic mass is 16.4. The summed E-state index contributed by atoms with van der Waals surface area (Å²) in [6.45, 7) is -0.394. The zero-order chi connectivity index (χ0) is 19.8. The molecule has 0 fully saturated rings. The van der Waals surface area contributed by atoms with E-state index in [1.807, 2.05) is 0 Å². The van der Waals surface area contributed by atoms with Gasteiger partial charge in [0.05, 0.1) is 18.9 Å². The second kappa shape index (κ2) is 9.34. The summed E-state index contributed by atoms with van der Waals surface area (Å²) in [5.74, 6) is -2.34. The Morgan fingerprint density at radius 1 is 1.19 bits per heavy atom. The number of hydrogen-bond donors (Lipinski definition) is 6. The lowest BCUT2D eigenvalue weighted by Gasteiger charge is -2.16. The van der Waals surface area contributed by atoms with Crippen LogP contribution in [0.1, 0.15) is 11.3 Å². The molecule has 1 aromatic carbocycles. The van der Waals surface area contributed by atoms with Crippen LogP contribution in [0.4, 0.5) is 0 Å². The van der Waals surface area contributed by atoms with Gasteiger partial charge in [0.2, 0.25) is 11.8 Å². The number of aliphatic carboxylic acids is 1. The number of hydrogen-bond acceptors (Lipinski definition) is 6. The van der Waals surface area contributed by atoms with Crippen molar-refractivity contribution in [3.8, 4) is 5.75 Å². The first kappa shape index (κ1) is 19.9. The van der Waals surface area contributed by atoms with Crippen LogP contribution in [0.2, 0.25) is 0 Å². The Balaban J connectivity index is 1.81. The number of amides is 2. The second-order valence-corrected chi connectivity index (χ2v) is 5.93. The minimum Gasteiger partial charge on any atom is -0.508 e. The Kier molecular flexibility index (Phi) is 6.89. The molecule has 2 amide bonds. The average Bonchev–Trinajstić information content (AvgIpc) is 3.13. The van der Waals surface area contributed by atoms with Gasteiger partial charge in [0.15, 0.2) is 0 Å². The highest BCUT2D eigenvalue weighted by Crippen LogP contribution is 2.11. The molecule has 10 heteroatoms. The molecule has 0 aliphatic carbocycles. The monoisotopic (exact) mass is 375 g/mol. The number of aromatic nitrogens is 2. The first-order valence-corrected chi connectivity index (χ1v) is 8.15. The number of nitrogens with two attached hydrogens (primary N) is 1. The van der Waals surface area contributed by atoms with Crippen molar-refractivity contribution in [1.82, 2.24) is 20.6 Å². The van der Waals surface area contributed by atoms with Crippen molar-refractivity contribution in [3.63, 3.8) is 0 Å². The van der Waals surface area contributed by atoms with Crippen molar-refractivity contribution >= 4 is 17.8 Å². The van der Waals surface area contributed by atoms with Crippen molar-refractivity contribution in [2.45, 2.75) is 24.9 Å². The van der Waals surface area contributed by atoms with Gasteiger partial charge in [-0.3, -0.25) is 9.59 Å². The van der Waals surface area contributed by atoms with Crippen LogP contribution in [0.5, 0.6) is 5.75 Å². The molecule has 0 aliphatic heterocycles. The number of carboxylic acids is 1. The van der Waals surface area contributed by atoms with Gasteiger partial charge >= 0.3 is 5.97 Å². The minimum absolute atomic E-state index is 0.0363. The SMILES string of the molecule is N[C@@H](Cc1cnc[nH]1)C(=O)NCC(=O)N[C@@H](Cc1ccc(O)cc1)C(=O)O. The number of aromatic amines is 1. The number of nitrogens with zero attached hydrogens (tertiary/aromatic N) is 1. The van der Waals surface area contributed by atoms with Crippen molar-refractivity contribution in [3.05, 3.63) is 48.0 Å². The summed E-state index contributed by atoms with van der Waals surface area (Å²) in [6.07, 6.45) is 3.27. The van der Waals surface area contributed by atoms with Crippen LogP contribution >= 0.6 is 0 Å². The Bertz CT molecular complexity index is 776. The fourth-order valence-corrected chi connectivity index (χ4v) is 2.34.